The van der Waals surface area contributed by atoms with Crippen LogP contribution in [0.1, 0.15) is 26.7 Å². The second-order valence-electron chi connectivity index (χ2n) is 5.59. The van der Waals surface area contributed by atoms with E-state index in [1.807, 2.05) is 6.92 Å². The lowest BCUT2D eigenvalue weighted by atomic mass is 9.99. The van der Waals surface area contributed by atoms with Gasteiger partial charge < -0.3 is 15.4 Å². The summed E-state index contributed by atoms with van der Waals surface area (Å²) in [7, 11) is 4.28. The van der Waals surface area contributed by atoms with Crippen LogP contribution in [0.15, 0.2) is 0 Å². The fourth-order valence-electron chi connectivity index (χ4n) is 2.74. The van der Waals surface area contributed by atoms with Crippen molar-refractivity contribution >= 4 is 0 Å². The molecule has 0 spiro atoms. The third-order valence-electron chi connectivity index (χ3n) is 3.70. The molecule has 1 aliphatic rings. The maximum Gasteiger partial charge on any atom is 0.0660 e. The number of hydrogen-bond donors (Lipinski definition) is 1. The summed E-state index contributed by atoms with van der Waals surface area (Å²) in [6, 6.07) is 0.624. The van der Waals surface area contributed by atoms with Gasteiger partial charge >= 0.3 is 0 Å². The fraction of sp³-hybridized carbons (Fsp3) is 1.00. The van der Waals surface area contributed by atoms with Gasteiger partial charge in [0, 0.05) is 25.7 Å². The molecule has 0 aliphatic carbocycles. The average molecular weight is 243 g/mol. The minimum Gasteiger partial charge on any atom is -0.380 e. The highest BCUT2D eigenvalue weighted by Crippen LogP contribution is 2.27. The smallest absolute Gasteiger partial charge is 0.0660 e. The van der Waals surface area contributed by atoms with E-state index in [4.69, 9.17) is 10.5 Å². The van der Waals surface area contributed by atoms with Crippen LogP contribution in [0.25, 0.3) is 0 Å². The van der Waals surface area contributed by atoms with Crippen LogP contribution >= 0.6 is 0 Å². The van der Waals surface area contributed by atoms with Crippen molar-refractivity contribution in [3.05, 3.63) is 0 Å². The molecule has 1 heterocycles. The maximum atomic E-state index is 5.99. The summed E-state index contributed by atoms with van der Waals surface area (Å²) < 4.78 is 5.62. The van der Waals surface area contributed by atoms with Crippen LogP contribution < -0.4 is 5.73 Å². The predicted molar refractivity (Wildman–Crippen MR) is 72.2 cm³/mol. The number of likely N-dealkylation sites (tertiary alicyclic amines) is 1. The zero-order valence-electron chi connectivity index (χ0n) is 11.9. The second-order valence-corrected chi connectivity index (χ2v) is 5.59. The van der Waals surface area contributed by atoms with Crippen molar-refractivity contribution in [2.45, 2.75) is 38.3 Å². The van der Waals surface area contributed by atoms with Crippen LogP contribution in [0.3, 0.4) is 0 Å². The van der Waals surface area contributed by atoms with Crippen LogP contribution in [0.4, 0.5) is 0 Å². The van der Waals surface area contributed by atoms with Gasteiger partial charge in [-0.15, -0.1) is 0 Å². The lowest BCUT2D eigenvalue weighted by Crippen LogP contribution is -2.58. The van der Waals surface area contributed by atoms with Crippen molar-refractivity contribution in [1.29, 1.82) is 0 Å². The molecular formula is C13H29N3O. The third-order valence-corrected chi connectivity index (χ3v) is 3.70. The molecule has 1 aliphatic heterocycles. The molecule has 17 heavy (non-hydrogen) atoms. The second kappa shape index (κ2) is 6.69. The number of nitrogens with zero attached hydrogens (tertiary/aromatic N) is 2. The van der Waals surface area contributed by atoms with Crippen molar-refractivity contribution < 1.29 is 4.74 Å². The summed E-state index contributed by atoms with van der Waals surface area (Å²) in [5, 5.41) is 0. The number of nitrogens with two attached hydrogens (primary N) is 1. The van der Waals surface area contributed by atoms with E-state index in [2.05, 4.69) is 30.8 Å². The molecule has 1 saturated heterocycles. The Hall–Kier alpha value is -0.160. The summed E-state index contributed by atoms with van der Waals surface area (Å²) in [6.45, 7) is 8.71. The summed E-state index contributed by atoms with van der Waals surface area (Å²) in [5.74, 6) is 0. The van der Waals surface area contributed by atoms with E-state index < -0.39 is 0 Å². The van der Waals surface area contributed by atoms with Gasteiger partial charge in [-0.2, -0.15) is 0 Å². The Balaban J connectivity index is 2.65. The van der Waals surface area contributed by atoms with Crippen LogP contribution in [-0.2, 0) is 4.74 Å². The van der Waals surface area contributed by atoms with Gasteiger partial charge in [0.15, 0.2) is 0 Å². The Morgan fingerprint density at radius 3 is 2.71 bits per heavy atom. The molecule has 2 N–H and O–H groups in total. The first-order valence-corrected chi connectivity index (χ1v) is 6.72. The van der Waals surface area contributed by atoms with Gasteiger partial charge in [-0.25, -0.2) is 0 Å². The number of rotatable bonds is 7. The van der Waals surface area contributed by atoms with Gasteiger partial charge in [0.25, 0.3) is 0 Å². The summed E-state index contributed by atoms with van der Waals surface area (Å²) in [6.07, 6.45) is 2.56. The molecule has 0 aromatic heterocycles. The van der Waals surface area contributed by atoms with Gasteiger partial charge in [0.1, 0.15) is 0 Å². The SMILES string of the molecule is CCOCC(C)(CN)N1CCCC1CN(C)C. The van der Waals surface area contributed by atoms with Crippen molar-refractivity contribution in [1.82, 2.24) is 9.80 Å². The first-order chi connectivity index (χ1) is 8.03. The Morgan fingerprint density at radius 1 is 1.47 bits per heavy atom. The van der Waals surface area contributed by atoms with Gasteiger partial charge in [0.05, 0.1) is 12.1 Å². The van der Waals surface area contributed by atoms with Gasteiger partial charge in [-0.1, -0.05) is 0 Å². The van der Waals surface area contributed by atoms with Gasteiger partial charge in [-0.05, 0) is 47.3 Å². The average Bonchev–Trinajstić information content (AvgIpc) is 2.73. The van der Waals surface area contributed by atoms with E-state index in [1.165, 1.54) is 12.8 Å². The molecule has 2 unspecified atom stereocenters. The van der Waals surface area contributed by atoms with Crippen LogP contribution in [-0.4, -0.2) is 68.3 Å². The minimum atomic E-state index is -0.00676. The van der Waals surface area contributed by atoms with Crippen LogP contribution in [0.5, 0.6) is 0 Å². The van der Waals surface area contributed by atoms with E-state index in [0.717, 1.165) is 26.3 Å². The normalized spacial score (nSPS) is 25.4. The van der Waals surface area contributed by atoms with Crippen LogP contribution in [0, 0.1) is 0 Å². The Bertz CT molecular complexity index is 223. The Kier molecular flexibility index (Phi) is 5.86. The molecule has 2 atom stereocenters. The molecular weight excluding hydrogens is 214 g/mol. The molecule has 4 heteroatoms. The summed E-state index contributed by atoms with van der Waals surface area (Å²) in [5.41, 5.74) is 5.98. The quantitative estimate of drug-likeness (QED) is 0.717. The van der Waals surface area contributed by atoms with E-state index in [0.29, 0.717) is 12.6 Å². The highest BCUT2D eigenvalue weighted by molar-refractivity contribution is 4.95. The molecule has 0 saturated carbocycles. The fourth-order valence-corrected chi connectivity index (χ4v) is 2.74. The topological polar surface area (TPSA) is 41.7 Å². The van der Waals surface area contributed by atoms with Gasteiger partial charge in [-0.3, -0.25) is 4.90 Å². The minimum absolute atomic E-state index is 0.00676. The molecule has 1 rings (SSSR count). The van der Waals surface area contributed by atoms with Crippen molar-refractivity contribution in [2.24, 2.45) is 5.73 Å². The Labute approximate surface area is 106 Å². The number of hydrogen-bond acceptors (Lipinski definition) is 4. The standard InChI is InChI=1S/C13H29N3O/c1-5-17-11-13(2,10-14)16-8-6-7-12(16)9-15(3)4/h12H,5-11,14H2,1-4H3. The number of ether oxygens (including phenoxy) is 1. The van der Waals surface area contributed by atoms with Gasteiger partial charge in [0.2, 0.25) is 0 Å². The lowest BCUT2D eigenvalue weighted by molar-refractivity contribution is -0.00110. The molecule has 1 fully saturated rings. The number of likely N-dealkylation sites (N-methyl/N-ethyl adjacent to an activating group) is 1. The van der Waals surface area contributed by atoms with E-state index in [9.17, 15) is 0 Å². The first-order valence-electron chi connectivity index (χ1n) is 6.72. The Morgan fingerprint density at radius 2 is 2.18 bits per heavy atom. The highest BCUT2D eigenvalue weighted by atomic mass is 16.5. The zero-order chi connectivity index (χ0) is 12.9. The molecule has 0 radical (unpaired) electrons. The van der Waals surface area contributed by atoms with Crippen molar-refractivity contribution in [3.8, 4) is 0 Å². The van der Waals surface area contributed by atoms with E-state index in [-0.39, 0.29) is 5.54 Å². The van der Waals surface area contributed by atoms with E-state index >= 15 is 0 Å². The lowest BCUT2D eigenvalue weighted by Gasteiger charge is -2.42. The summed E-state index contributed by atoms with van der Waals surface area (Å²) in [4.78, 5) is 4.82. The first kappa shape index (κ1) is 14.9. The molecule has 0 bridgehead atoms. The van der Waals surface area contributed by atoms with E-state index in [1.54, 1.807) is 0 Å². The maximum absolute atomic E-state index is 5.99. The molecule has 4 nitrogen and oxygen atoms in total. The predicted octanol–water partition coefficient (Wildman–Crippen LogP) is 0.766. The molecule has 0 aromatic carbocycles. The van der Waals surface area contributed by atoms with Crippen molar-refractivity contribution in [3.63, 3.8) is 0 Å². The monoisotopic (exact) mass is 243 g/mol. The molecule has 0 amide bonds. The third kappa shape index (κ3) is 3.91. The van der Waals surface area contributed by atoms with Crippen molar-refractivity contribution in [2.75, 3.05) is 46.9 Å². The highest BCUT2D eigenvalue weighted by Gasteiger charge is 2.38. The summed E-state index contributed by atoms with van der Waals surface area (Å²) >= 11 is 0. The van der Waals surface area contributed by atoms with Crippen LogP contribution in [0.2, 0.25) is 0 Å². The molecule has 102 valence electrons. The zero-order valence-corrected chi connectivity index (χ0v) is 11.9. The largest absolute Gasteiger partial charge is 0.380 e. The molecule has 0 aromatic rings.